The number of aryl methyl sites for hydroxylation is 1. The summed E-state index contributed by atoms with van der Waals surface area (Å²) in [6.07, 6.45) is 4.34. The lowest BCUT2D eigenvalue weighted by Crippen LogP contribution is -2.29. The molecular weight excluding hydrogens is 209 g/mol. The molecule has 0 N–H and O–H groups in total. The van der Waals surface area contributed by atoms with E-state index in [2.05, 4.69) is 4.98 Å². The quantitative estimate of drug-likeness (QED) is 0.733. The highest BCUT2D eigenvalue weighted by Gasteiger charge is 2.25. The molecule has 1 aliphatic rings. The first-order chi connectivity index (χ1) is 7.68. The van der Waals surface area contributed by atoms with Gasteiger partial charge in [0.15, 0.2) is 5.65 Å². The average Bonchev–Trinajstić information content (AvgIpc) is 2.42. The Kier molecular flexibility index (Phi) is 1.89. The summed E-state index contributed by atoms with van der Waals surface area (Å²) in [5.41, 5.74) is 1.06. The molecule has 0 bridgehead atoms. The molecule has 84 valence electrons. The van der Waals surface area contributed by atoms with Gasteiger partial charge in [-0.25, -0.2) is 14.2 Å². The number of imidazole rings is 1. The third-order valence-corrected chi connectivity index (χ3v) is 3.34. The number of pyridine rings is 1. The van der Waals surface area contributed by atoms with Gasteiger partial charge in [-0.2, -0.15) is 0 Å². The third kappa shape index (κ3) is 1.14. The van der Waals surface area contributed by atoms with Crippen LogP contribution >= 0.6 is 0 Å². The first-order valence-corrected chi connectivity index (χ1v) is 5.41. The number of aromatic nitrogens is 3. The second-order valence-electron chi connectivity index (χ2n) is 4.29. The van der Waals surface area contributed by atoms with Crippen molar-refractivity contribution in [2.24, 2.45) is 7.05 Å². The zero-order valence-electron chi connectivity index (χ0n) is 8.98. The standard InChI is InChI=1S/C11H12FN3O/c1-14-9-5-7(12)6-13-10(9)15(11(14)16)8-3-2-4-8/h5-6,8H,2-4H2,1H3. The highest BCUT2D eigenvalue weighted by atomic mass is 19.1. The van der Waals surface area contributed by atoms with Gasteiger partial charge >= 0.3 is 5.69 Å². The highest BCUT2D eigenvalue weighted by molar-refractivity contribution is 5.71. The number of fused-ring (bicyclic) bond motifs is 1. The van der Waals surface area contributed by atoms with Crippen LogP contribution in [0.5, 0.6) is 0 Å². The summed E-state index contributed by atoms with van der Waals surface area (Å²) in [6, 6.07) is 1.60. The molecule has 1 saturated carbocycles. The molecule has 2 aromatic heterocycles. The molecule has 0 unspecified atom stereocenters. The third-order valence-electron chi connectivity index (χ3n) is 3.34. The lowest BCUT2D eigenvalue weighted by atomic mass is 9.93. The van der Waals surface area contributed by atoms with E-state index in [1.807, 2.05) is 0 Å². The van der Waals surface area contributed by atoms with Crippen LogP contribution in [0, 0.1) is 5.82 Å². The summed E-state index contributed by atoms with van der Waals surface area (Å²) in [5, 5.41) is 0. The van der Waals surface area contributed by atoms with E-state index in [1.165, 1.54) is 10.6 Å². The molecule has 1 fully saturated rings. The Morgan fingerprint density at radius 2 is 2.25 bits per heavy atom. The smallest absolute Gasteiger partial charge is 0.293 e. The van der Waals surface area contributed by atoms with Gasteiger partial charge in [0.25, 0.3) is 0 Å². The molecule has 0 atom stereocenters. The zero-order chi connectivity index (χ0) is 11.3. The van der Waals surface area contributed by atoms with Gasteiger partial charge < -0.3 is 0 Å². The van der Waals surface area contributed by atoms with Crippen molar-refractivity contribution in [3.05, 3.63) is 28.6 Å². The van der Waals surface area contributed by atoms with E-state index in [-0.39, 0.29) is 11.7 Å². The molecule has 5 heteroatoms. The molecule has 2 heterocycles. The number of nitrogens with zero attached hydrogens (tertiary/aromatic N) is 3. The van der Waals surface area contributed by atoms with E-state index in [0.717, 1.165) is 25.5 Å². The van der Waals surface area contributed by atoms with Gasteiger partial charge in [-0.3, -0.25) is 9.13 Å². The van der Waals surface area contributed by atoms with Crippen LogP contribution in [0.4, 0.5) is 4.39 Å². The predicted octanol–water partition coefficient (Wildman–Crippen LogP) is 1.60. The minimum Gasteiger partial charge on any atom is -0.293 e. The Hall–Kier alpha value is -1.65. The molecule has 0 amide bonds. The van der Waals surface area contributed by atoms with E-state index in [1.54, 1.807) is 11.6 Å². The van der Waals surface area contributed by atoms with Crippen molar-refractivity contribution in [1.82, 2.24) is 14.1 Å². The number of rotatable bonds is 1. The monoisotopic (exact) mass is 221 g/mol. The first-order valence-electron chi connectivity index (χ1n) is 5.41. The predicted molar refractivity (Wildman–Crippen MR) is 57.8 cm³/mol. The van der Waals surface area contributed by atoms with Crippen LogP contribution in [0.1, 0.15) is 25.3 Å². The van der Waals surface area contributed by atoms with Gasteiger partial charge in [0.2, 0.25) is 0 Å². The van der Waals surface area contributed by atoms with Crippen LogP contribution in [-0.2, 0) is 7.05 Å². The Morgan fingerprint density at radius 3 is 2.88 bits per heavy atom. The van der Waals surface area contributed by atoms with Gasteiger partial charge in [-0.1, -0.05) is 0 Å². The fourth-order valence-corrected chi connectivity index (χ4v) is 2.18. The molecule has 1 aliphatic carbocycles. The fraction of sp³-hybridized carbons (Fsp3) is 0.455. The van der Waals surface area contributed by atoms with Crippen molar-refractivity contribution >= 4 is 11.2 Å². The van der Waals surface area contributed by atoms with Crippen LogP contribution in [0.3, 0.4) is 0 Å². The van der Waals surface area contributed by atoms with Gasteiger partial charge in [0.05, 0.1) is 11.7 Å². The molecule has 3 rings (SSSR count). The zero-order valence-corrected chi connectivity index (χ0v) is 8.98. The Morgan fingerprint density at radius 1 is 1.50 bits per heavy atom. The van der Waals surface area contributed by atoms with Crippen LogP contribution in [0.2, 0.25) is 0 Å². The fourth-order valence-electron chi connectivity index (χ4n) is 2.18. The van der Waals surface area contributed by atoms with Crippen LogP contribution in [-0.4, -0.2) is 14.1 Å². The summed E-state index contributed by atoms with van der Waals surface area (Å²) in [5.74, 6) is -0.408. The van der Waals surface area contributed by atoms with Crippen LogP contribution in [0.25, 0.3) is 11.2 Å². The molecule has 0 aromatic carbocycles. The maximum atomic E-state index is 13.1. The summed E-state index contributed by atoms with van der Waals surface area (Å²) in [4.78, 5) is 16.0. The second-order valence-corrected chi connectivity index (χ2v) is 4.29. The summed E-state index contributed by atoms with van der Waals surface area (Å²) in [7, 11) is 1.65. The van der Waals surface area contributed by atoms with Gasteiger partial charge in [0.1, 0.15) is 5.82 Å². The van der Waals surface area contributed by atoms with Crippen molar-refractivity contribution in [2.75, 3.05) is 0 Å². The SMILES string of the molecule is Cn1c(=O)n(C2CCC2)c2ncc(F)cc21. The molecule has 16 heavy (non-hydrogen) atoms. The van der Waals surface area contributed by atoms with Crippen molar-refractivity contribution in [2.45, 2.75) is 25.3 Å². The molecule has 0 spiro atoms. The second kappa shape index (κ2) is 3.17. The van der Waals surface area contributed by atoms with Crippen molar-refractivity contribution in [3.8, 4) is 0 Å². The van der Waals surface area contributed by atoms with E-state index in [9.17, 15) is 9.18 Å². The van der Waals surface area contributed by atoms with Gasteiger partial charge in [0, 0.05) is 19.2 Å². The topological polar surface area (TPSA) is 39.8 Å². The van der Waals surface area contributed by atoms with Crippen LogP contribution < -0.4 is 5.69 Å². The first kappa shape index (κ1) is 9.57. The number of halogens is 1. The van der Waals surface area contributed by atoms with E-state index < -0.39 is 5.82 Å². The Bertz CT molecular complexity index is 609. The summed E-state index contributed by atoms with van der Waals surface area (Å²) in [6.45, 7) is 0. The molecular formula is C11H12FN3O. The van der Waals surface area contributed by atoms with Gasteiger partial charge in [-0.15, -0.1) is 0 Å². The lowest BCUT2D eigenvalue weighted by molar-refractivity contribution is 0.311. The van der Waals surface area contributed by atoms with Crippen molar-refractivity contribution in [3.63, 3.8) is 0 Å². The number of hydrogen-bond acceptors (Lipinski definition) is 2. The molecule has 0 radical (unpaired) electrons. The van der Waals surface area contributed by atoms with Crippen molar-refractivity contribution in [1.29, 1.82) is 0 Å². The molecule has 0 saturated heterocycles. The average molecular weight is 221 g/mol. The van der Waals surface area contributed by atoms with Gasteiger partial charge in [-0.05, 0) is 19.3 Å². The maximum Gasteiger partial charge on any atom is 0.330 e. The summed E-state index contributed by atoms with van der Waals surface area (Å²) < 4.78 is 16.2. The van der Waals surface area contributed by atoms with E-state index in [0.29, 0.717) is 11.2 Å². The molecule has 2 aromatic rings. The molecule has 4 nitrogen and oxygen atoms in total. The van der Waals surface area contributed by atoms with Crippen molar-refractivity contribution < 1.29 is 4.39 Å². The van der Waals surface area contributed by atoms with E-state index in [4.69, 9.17) is 0 Å². The number of hydrogen-bond donors (Lipinski definition) is 0. The largest absolute Gasteiger partial charge is 0.330 e. The maximum absolute atomic E-state index is 13.1. The minimum absolute atomic E-state index is 0.0993. The normalized spacial score (nSPS) is 16.6. The Balaban J connectivity index is 2.35. The molecule has 0 aliphatic heterocycles. The minimum atomic E-state index is -0.408. The van der Waals surface area contributed by atoms with Crippen LogP contribution in [0.15, 0.2) is 17.1 Å². The van der Waals surface area contributed by atoms with E-state index >= 15 is 0 Å². The highest BCUT2D eigenvalue weighted by Crippen LogP contribution is 2.32. The Labute approximate surface area is 91.3 Å². The summed E-state index contributed by atoms with van der Waals surface area (Å²) >= 11 is 0. The lowest BCUT2D eigenvalue weighted by Gasteiger charge is -2.26.